The van der Waals surface area contributed by atoms with E-state index in [-0.39, 0.29) is 11.6 Å². The molecule has 122 valence electrons. The van der Waals surface area contributed by atoms with Crippen LogP contribution < -0.4 is 15.0 Å². The van der Waals surface area contributed by atoms with Gasteiger partial charge in [0.1, 0.15) is 5.75 Å². The molecule has 1 heterocycles. The first-order valence-electron chi connectivity index (χ1n) is 7.81. The predicted octanol–water partition coefficient (Wildman–Crippen LogP) is 2.97. The zero-order valence-electron chi connectivity index (χ0n) is 13.7. The Kier molecular flexibility index (Phi) is 5.91. The van der Waals surface area contributed by atoms with Gasteiger partial charge in [-0.05, 0) is 45.0 Å². The van der Waals surface area contributed by atoms with Gasteiger partial charge in [-0.3, -0.25) is 4.79 Å². The van der Waals surface area contributed by atoms with Crippen LogP contribution in [0.25, 0.3) is 0 Å². The molecule has 0 aliphatic carbocycles. The summed E-state index contributed by atoms with van der Waals surface area (Å²) in [5, 5.41) is 11.0. The smallest absolute Gasteiger partial charge is 0.276 e. The highest BCUT2D eigenvalue weighted by Crippen LogP contribution is 2.24. The van der Waals surface area contributed by atoms with E-state index in [1.807, 2.05) is 31.2 Å². The van der Waals surface area contributed by atoms with Crippen molar-refractivity contribution >= 4 is 17.4 Å². The van der Waals surface area contributed by atoms with Crippen molar-refractivity contribution in [2.75, 3.05) is 29.9 Å². The maximum Gasteiger partial charge on any atom is 0.276 e. The number of carbonyl (C=O) groups excluding carboxylic acids is 1. The zero-order valence-corrected chi connectivity index (χ0v) is 13.7. The number of ether oxygens (including phenoxy) is 1. The molecule has 6 nitrogen and oxygen atoms in total. The highest BCUT2D eigenvalue weighted by molar-refractivity contribution is 6.03. The van der Waals surface area contributed by atoms with Crippen molar-refractivity contribution in [2.24, 2.45) is 0 Å². The fourth-order valence-corrected chi connectivity index (χ4v) is 2.20. The van der Waals surface area contributed by atoms with Crippen molar-refractivity contribution in [1.82, 2.24) is 10.2 Å². The Hall–Kier alpha value is -2.63. The second-order valence-electron chi connectivity index (χ2n) is 4.83. The quantitative estimate of drug-likeness (QED) is 0.851. The van der Waals surface area contributed by atoms with E-state index >= 15 is 0 Å². The number of anilines is 2. The van der Waals surface area contributed by atoms with Gasteiger partial charge >= 0.3 is 0 Å². The number of amides is 1. The maximum absolute atomic E-state index is 12.3. The summed E-state index contributed by atoms with van der Waals surface area (Å²) >= 11 is 0. The molecule has 0 fully saturated rings. The molecule has 1 aromatic carbocycles. The van der Waals surface area contributed by atoms with Gasteiger partial charge in [-0.15, -0.1) is 10.2 Å². The molecule has 1 amide bonds. The number of benzene rings is 1. The van der Waals surface area contributed by atoms with E-state index in [0.717, 1.165) is 18.9 Å². The molecule has 0 bridgehead atoms. The second-order valence-corrected chi connectivity index (χ2v) is 4.83. The first kappa shape index (κ1) is 16.7. The lowest BCUT2D eigenvalue weighted by molar-refractivity contribution is 0.102. The molecular weight excluding hydrogens is 292 g/mol. The van der Waals surface area contributed by atoms with Crippen molar-refractivity contribution in [3.8, 4) is 5.75 Å². The molecule has 0 radical (unpaired) electrons. The molecule has 2 aromatic rings. The van der Waals surface area contributed by atoms with Gasteiger partial charge in [0.2, 0.25) is 0 Å². The summed E-state index contributed by atoms with van der Waals surface area (Å²) in [6.07, 6.45) is 0. The van der Waals surface area contributed by atoms with Crippen LogP contribution in [0.4, 0.5) is 11.5 Å². The molecular formula is C17H22N4O2. The third-order valence-corrected chi connectivity index (χ3v) is 3.41. The molecule has 0 spiro atoms. The van der Waals surface area contributed by atoms with E-state index in [0.29, 0.717) is 18.0 Å². The minimum Gasteiger partial charge on any atom is -0.492 e. The Bertz CT molecular complexity index is 639. The molecule has 0 atom stereocenters. The monoisotopic (exact) mass is 314 g/mol. The van der Waals surface area contributed by atoms with Crippen LogP contribution >= 0.6 is 0 Å². The van der Waals surface area contributed by atoms with E-state index in [2.05, 4.69) is 34.3 Å². The lowest BCUT2D eigenvalue weighted by Gasteiger charge is -2.18. The van der Waals surface area contributed by atoms with Gasteiger partial charge in [0.05, 0.1) is 12.3 Å². The Morgan fingerprint density at radius 2 is 1.83 bits per heavy atom. The fourth-order valence-electron chi connectivity index (χ4n) is 2.20. The number of carbonyl (C=O) groups is 1. The van der Waals surface area contributed by atoms with Crippen LogP contribution in [-0.4, -0.2) is 35.8 Å². The number of rotatable bonds is 7. The highest BCUT2D eigenvalue weighted by atomic mass is 16.5. The molecule has 6 heteroatoms. The van der Waals surface area contributed by atoms with Crippen molar-refractivity contribution in [3.63, 3.8) is 0 Å². The molecule has 0 saturated carbocycles. The van der Waals surface area contributed by atoms with E-state index in [1.165, 1.54) is 0 Å². The van der Waals surface area contributed by atoms with E-state index < -0.39 is 0 Å². The SMILES string of the molecule is CCOc1ccccc1NC(=O)c1ccc(N(CC)CC)nn1. The third kappa shape index (κ3) is 4.18. The average Bonchev–Trinajstić information content (AvgIpc) is 2.58. The first-order chi connectivity index (χ1) is 11.2. The Balaban J connectivity index is 2.12. The van der Waals surface area contributed by atoms with Crippen LogP contribution in [0, 0.1) is 0 Å². The standard InChI is InChI=1S/C17H22N4O2/c1-4-21(5-2)16-12-11-14(19-20-16)17(22)18-13-9-7-8-10-15(13)23-6-3/h7-12H,4-6H2,1-3H3,(H,18,22). The Labute approximate surface area is 136 Å². The second kappa shape index (κ2) is 8.12. The lowest BCUT2D eigenvalue weighted by Crippen LogP contribution is -2.24. The topological polar surface area (TPSA) is 67.3 Å². The van der Waals surface area contributed by atoms with Gasteiger partial charge in [0.25, 0.3) is 5.91 Å². The molecule has 0 unspecified atom stereocenters. The summed E-state index contributed by atoms with van der Waals surface area (Å²) in [5.74, 6) is 1.09. The van der Waals surface area contributed by atoms with Crippen LogP contribution in [0.15, 0.2) is 36.4 Å². The van der Waals surface area contributed by atoms with Crippen LogP contribution in [0.1, 0.15) is 31.3 Å². The summed E-state index contributed by atoms with van der Waals surface area (Å²) in [5.41, 5.74) is 0.890. The van der Waals surface area contributed by atoms with E-state index in [4.69, 9.17) is 4.74 Å². The number of hydrogen-bond donors (Lipinski definition) is 1. The van der Waals surface area contributed by atoms with E-state index in [1.54, 1.807) is 12.1 Å². The van der Waals surface area contributed by atoms with Crippen LogP contribution in [0.3, 0.4) is 0 Å². The minimum absolute atomic E-state index is 0.271. The van der Waals surface area contributed by atoms with Gasteiger partial charge in [0.15, 0.2) is 11.5 Å². The Morgan fingerprint density at radius 1 is 1.09 bits per heavy atom. The van der Waals surface area contributed by atoms with Crippen LogP contribution in [0.2, 0.25) is 0 Å². The summed E-state index contributed by atoms with van der Waals surface area (Å²) in [6.45, 7) is 8.23. The normalized spacial score (nSPS) is 10.2. The summed E-state index contributed by atoms with van der Waals surface area (Å²) in [6, 6.07) is 10.8. The van der Waals surface area contributed by atoms with Gasteiger partial charge in [-0.1, -0.05) is 12.1 Å². The van der Waals surface area contributed by atoms with Crippen molar-refractivity contribution in [1.29, 1.82) is 0 Å². The number of aromatic nitrogens is 2. The molecule has 23 heavy (non-hydrogen) atoms. The molecule has 0 saturated heterocycles. The number of nitrogens with one attached hydrogen (secondary N) is 1. The van der Waals surface area contributed by atoms with Crippen LogP contribution in [-0.2, 0) is 0 Å². The Morgan fingerprint density at radius 3 is 2.43 bits per heavy atom. The molecule has 0 aliphatic heterocycles. The predicted molar refractivity (Wildman–Crippen MR) is 91.2 cm³/mol. The molecule has 1 N–H and O–H groups in total. The average molecular weight is 314 g/mol. The largest absolute Gasteiger partial charge is 0.492 e. The molecule has 0 aliphatic rings. The lowest BCUT2D eigenvalue weighted by atomic mass is 10.2. The third-order valence-electron chi connectivity index (χ3n) is 3.41. The van der Waals surface area contributed by atoms with Gasteiger partial charge in [-0.25, -0.2) is 0 Å². The number of para-hydroxylation sites is 2. The zero-order chi connectivity index (χ0) is 16.7. The van der Waals surface area contributed by atoms with Crippen LogP contribution in [0.5, 0.6) is 5.75 Å². The van der Waals surface area contributed by atoms with Gasteiger partial charge in [0, 0.05) is 13.1 Å². The van der Waals surface area contributed by atoms with Crippen molar-refractivity contribution in [3.05, 3.63) is 42.1 Å². The number of hydrogen-bond acceptors (Lipinski definition) is 5. The molecule has 1 aromatic heterocycles. The van der Waals surface area contributed by atoms with E-state index in [9.17, 15) is 4.79 Å². The van der Waals surface area contributed by atoms with Crippen molar-refractivity contribution in [2.45, 2.75) is 20.8 Å². The van der Waals surface area contributed by atoms with Gasteiger partial charge < -0.3 is 15.0 Å². The highest BCUT2D eigenvalue weighted by Gasteiger charge is 2.12. The molecule has 2 rings (SSSR count). The summed E-state index contributed by atoms with van der Waals surface area (Å²) < 4.78 is 5.50. The summed E-state index contributed by atoms with van der Waals surface area (Å²) in [4.78, 5) is 14.4. The minimum atomic E-state index is -0.309. The first-order valence-corrected chi connectivity index (χ1v) is 7.81. The number of nitrogens with zero attached hydrogens (tertiary/aromatic N) is 3. The van der Waals surface area contributed by atoms with Crippen molar-refractivity contribution < 1.29 is 9.53 Å². The fraction of sp³-hybridized carbons (Fsp3) is 0.353. The summed E-state index contributed by atoms with van der Waals surface area (Å²) in [7, 11) is 0. The maximum atomic E-state index is 12.3. The van der Waals surface area contributed by atoms with Gasteiger partial charge in [-0.2, -0.15) is 0 Å².